The summed E-state index contributed by atoms with van der Waals surface area (Å²) in [6.45, 7) is 11.6. The third-order valence-corrected chi connectivity index (χ3v) is 5.92. The Morgan fingerprint density at radius 2 is 1.71 bits per heavy atom. The predicted octanol–water partition coefficient (Wildman–Crippen LogP) is 4.49. The van der Waals surface area contributed by atoms with Crippen molar-refractivity contribution < 1.29 is 8.42 Å². The minimum Gasteiger partial charge on any atom is -0.207 e. The molecule has 0 unspecified atom stereocenters. The van der Waals surface area contributed by atoms with Gasteiger partial charge in [-0.2, -0.15) is 4.31 Å². The summed E-state index contributed by atoms with van der Waals surface area (Å²) in [4.78, 5) is 0.285. The van der Waals surface area contributed by atoms with Gasteiger partial charge in [0.2, 0.25) is 10.0 Å². The topological polar surface area (TPSA) is 37.4 Å². The van der Waals surface area contributed by atoms with Crippen LogP contribution in [0.2, 0.25) is 0 Å². The quantitative estimate of drug-likeness (QED) is 0.696. The highest BCUT2D eigenvalue weighted by Gasteiger charge is 2.29. The Balaban J connectivity index is 2.47. The minimum absolute atomic E-state index is 0.204. The standard InChI is InChI=1S/C20H23NO2S/c1-5-16(2)15-21(18(4)19-9-7-6-8-10-19)24(22,23)20-13-11-17(3)12-14-20/h5-14,18H,1-2,15H2,3-4H3/t18-/m0/s1. The molecule has 4 heteroatoms. The van der Waals surface area contributed by atoms with Gasteiger partial charge in [0, 0.05) is 12.6 Å². The Hall–Kier alpha value is -2.17. The Bertz CT molecular complexity index is 808. The molecule has 0 fully saturated rings. The van der Waals surface area contributed by atoms with E-state index in [2.05, 4.69) is 13.2 Å². The molecule has 0 spiro atoms. The second-order valence-corrected chi connectivity index (χ2v) is 7.70. The molecule has 0 aliphatic heterocycles. The lowest BCUT2D eigenvalue weighted by Crippen LogP contribution is -2.35. The van der Waals surface area contributed by atoms with Crippen LogP contribution in [0.4, 0.5) is 0 Å². The number of hydrogen-bond donors (Lipinski definition) is 0. The van der Waals surface area contributed by atoms with Crippen molar-refractivity contribution in [1.29, 1.82) is 0 Å². The Kier molecular flexibility index (Phi) is 5.75. The molecule has 0 N–H and O–H groups in total. The fourth-order valence-corrected chi connectivity index (χ4v) is 4.06. The molecule has 126 valence electrons. The molecule has 0 aliphatic rings. The van der Waals surface area contributed by atoms with Gasteiger partial charge in [0.25, 0.3) is 0 Å². The average Bonchev–Trinajstić information content (AvgIpc) is 2.59. The van der Waals surface area contributed by atoms with Gasteiger partial charge in [-0.3, -0.25) is 0 Å². The zero-order chi connectivity index (χ0) is 17.7. The Labute approximate surface area is 145 Å². The third-order valence-electron chi connectivity index (χ3n) is 3.99. The molecule has 3 nitrogen and oxygen atoms in total. The maximum absolute atomic E-state index is 13.2. The van der Waals surface area contributed by atoms with Crippen LogP contribution in [0.5, 0.6) is 0 Å². The van der Waals surface area contributed by atoms with Gasteiger partial charge in [0.1, 0.15) is 0 Å². The number of rotatable bonds is 7. The molecular formula is C20H23NO2S. The molecule has 2 aromatic carbocycles. The molecule has 2 rings (SSSR count). The lowest BCUT2D eigenvalue weighted by molar-refractivity contribution is 0.366. The van der Waals surface area contributed by atoms with Crippen molar-refractivity contribution in [1.82, 2.24) is 4.31 Å². The highest BCUT2D eigenvalue weighted by Crippen LogP contribution is 2.28. The second-order valence-electron chi connectivity index (χ2n) is 5.81. The van der Waals surface area contributed by atoms with E-state index >= 15 is 0 Å². The van der Waals surface area contributed by atoms with Crippen molar-refractivity contribution in [3.63, 3.8) is 0 Å². The first-order valence-corrected chi connectivity index (χ1v) is 9.24. The number of hydrogen-bond acceptors (Lipinski definition) is 2. The summed E-state index contributed by atoms with van der Waals surface area (Å²) in [6, 6.07) is 16.2. The molecule has 0 aromatic heterocycles. The van der Waals surface area contributed by atoms with Gasteiger partial charge in [-0.25, -0.2) is 8.42 Å². The van der Waals surface area contributed by atoms with Crippen molar-refractivity contribution in [2.24, 2.45) is 0 Å². The van der Waals surface area contributed by atoms with Crippen LogP contribution in [0.3, 0.4) is 0 Å². The van der Waals surface area contributed by atoms with Crippen molar-refractivity contribution in [3.05, 3.63) is 90.5 Å². The van der Waals surface area contributed by atoms with Gasteiger partial charge in [-0.1, -0.05) is 67.3 Å². The summed E-state index contributed by atoms with van der Waals surface area (Å²) < 4.78 is 27.8. The smallest absolute Gasteiger partial charge is 0.207 e. The summed E-state index contributed by atoms with van der Waals surface area (Å²) in [5.41, 5.74) is 2.62. The van der Waals surface area contributed by atoms with Gasteiger partial charge in [0.15, 0.2) is 0 Å². The lowest BCUT2D eigenvalue weighted by Gasteiger charge is -2.29. The van der Waals surface area contributed by atoms with E-state index in [0.717, 1.165) is 11.1 Å². The number of sulfonamides is 1. The zero-order valence-corrected chi connectivity index (χ0v) is 15.0. The molecule has 24 heavy (non-hydrogen) atoms. The van der Waals surface area contributed by atoms with Crippen LogP contribution < -0.4 is 0 Å². The van der Waals surface area contributed by atoms with Gasteiger partial charge in [-0.05, 0) is 37.1 Å². The largest absolute Gasteiger partial charge is 0.243 e. The van der Waals surface area contributed by atoms with E-state index in [0.29, 0.717) is 5.57 Å². The van der Waals surface area contributed by atoms with E-state index in [1.807, 2.05) is 44.2 Å². The predicted molar refractivity (Wildman–Crippen MR) is 99.3 cm³/mol. The summed E-state index contributed by atoms with van der Waals surface area (Å²) in [5.74, 6) is 0. The first kappa shape index (κ1) is 18.2. The van der Waals surface area contributed by atoms with E-state index in [9.17, 15) is 8.42 Å². The van der Waals surface area contributed by atoms with Gasteiger partial charge >= 0.3 is 0 Å². The van der Waals surface area contributed by atoms with Crippen LogP contribution in [0.15, 0.2) is 84.3 Å². The third kappa shape index (κ3) is 4.02. The first-order valence-electron chi connectivity index (χ1n) is 7.80. The summed E-state index contributed by atoms with van der Waals surface area (Å²) in [5, 5.41) is 0. The van der Waals surface area contributed by atoms with Crippen LogP contribution in [-0.4, -0.2) is 19.3 Å². The van der Waals surface area contributed by atoms with Crippen LogP contribution in [0, 0.1) is 6.92 Å². The molecule has 0 saturated carbocycles. The summed E-state index contributed by atoms with van der Waals surface area (Å²) in [6.07, 6.45) is 1.59. The van der Waals surface area contributed by atoms with Gasteiger partial charge in [0.05, 0.1) is 4.90 Å². The highest BCUT2D eigenvalue weighted by atomic mass is 32.2. The van der Waals surface area contributed by atoms with Gasteiger partial charge < -0.3 is 0 Å². The van der Waals surface area contributed by atoms with Crippen molar-refractivity contribution >= 4 is 10.0 Å². The van der Waals surface area contributed by atoms with Crippen molar-refractivity contribution in [2.75, 3.05) is 6.54 Å². The van der Waals surface area contributed by atoms with E-state index < -0.39 is 10.0 Å². The van der Waals surface area contributed by atoms with Crippen LogP contribution in [-0.2, 0) is 10.0 Å². The van der Waals surface area contributed by atoms with Crippen LogP contribution in [0.1, 0.15) is 24.1 Å². The van der Waals surface area contributed by atoms with Crippen molar-refractivity contribution in [2.45, 2.75) is 24.8 Å². The summed E-state index contributed by atoms with van der Waals surface area (Å²) in [7, 11) is -3.65. The molecule has 0 saturated heterocycles. The van der Waals surface area contributed by atoms with Gasteiger partial charge in [-0.15, -0.1) is 0 Å². The molecule has 1 atom stereocenters. The van der Waals surface area contributed by atoms with Crippen molar-refractivity contribution in [3.8, 4) is 0 Å². The van der Waals surface area contributed by atoms with E-state index in [4.69, 9.17) is 0 Å². The molecule has 2 aromatic rings. The maximum atomic E-state index is 13.2. The van der Waals surface area contributed by atoms with E-state index in [-0.39, 0.29) is 17.5 Å². The molecule has 0 radical (unpaired) electrons. The SMILES string of the molecule is C=CC(=C)CN([C@@H](C)c1ccccc1)S(=O)(=O)c1ccc(C)cc1. The molecule has 0 heterocycles. The lowest BCUT2D eigenvalue weighted by atomic mass is 10.1. The first-order chi connectivity index (χ1) is 11.4. The van der Waals surface area contributed by atoms with E-state index in [1.54, 1.807) is 30.3 Å². The minimum atomic E-state index is -3.65. The zero-order valence-electron chi connectivity index (χ0n) is 14.1. The number of nitrogens with zero attached hydrogens (tertiary/aromatic N) is 1. The second kappa shape index (κ2) is 7.60. The molecule has 0 aliphatic carbocycles. The fraction of sp³-hybridized carbons (Fsp3) is 0.200. The molecule has 0 bridgehead atoms. The Morgan fingerprint density at radius 1 is 1.12 bits per heavy atom. The van der Waals surface area contributed by atoms with E-state index in [1.165, 1.54) is 4.31 Å². The fourth-order valence-electron chi connectivity index (χ4n) is 2.44. The average molecular weight is 341 g/mol. The van der Waals surface area contributed by atoms with Crippen LogP contribution >= 0.6 is 0 Å². The number of aryl methyl sites for hydroxylation is 1. The highest BCUT2D eigenvalue weighted by molar-refractivity contribution is 7.89. The maximum Gasteiger partial charge on any atom is 0.243 e. The van der Waals surface area contributed by atoms with Crippen LogP contribution in [0.25, 0.3) is 0 Å². The normalized spacial score (nSPS) is 12.8. The number of benzene rings is 2. The molecule has 0 amide bonds. The summed E-state index contributed by atoms with van der Waals surface area (Å²) >= 11 is 0. The molecular weight excluding hydrogens is 318 g/mol. The monoisotopic (exact) mass is 341 g/mol. The Morgan fingerprint density at radius 3 is 2.25 bits per heavy atom.